The van der Waals surface area contributed by atoms with Crippen LogP contribution in [0.3, 0.4) is 0 Å². The van der Waals surface area contributed by atoms with E-state index in [0.29, 0.717) is 30.4 Å². The Morgan fingerprint density at radius 3 is 2.67 bits per heavy atom. The van der Waals surface area contributed by atoms with Gasteiger partial charge in [-0.25, -0.2) is 4.79 Å². The maximum atomic E-state index is 12.2. The molecule has 0 aliphatic carbocycles. The normalized spacial score (nSPS) is 13.9. The Morgan fingerprint density at radius 2 is 1.89 bits per heavy atom. The molecule has 2 aromatic rings. The summed E-state index contributed by atoms with van der Waals surface area (Å²) in [4.78, 5) is 24.1. The number of hydrogen-bond acceptors (Lipinski definition) is 5. The van der Waals surface area contributed by atoms with Gasteiger partial charge >= 0.3 is 5.97 Å². The number of aryl methyl sites for hydroxylation is 1. The van der Waals surface area contributed by atoms with E-state index in [-0.39, 0.29) is 5.91 Å². The zero-order valence-corrected chi connectivity index (χ0v) is 15.2. The summed E-state index contributed by atoms with van der Waals surface area (Å²) in [5, 5.41) is 2.73. The Bertz CT molecular complexity index is 875. The van der Waals surface area contributed by atoms with Gasteiger partial charge in [-0.2, -0.15) is 0 Å². The minimum absolute atomic E-state index is 0.387. The van der Waals surface area contributed by atoms with Gasteiger partial charge < -0.3 is 19.5 Å². The number of hydrogen-bond donors (Lipinski definition) is 1. The first kappa shape index (κ1) is 18.5. The van der Waals surface area contributed by atoms with Crippen molar-refractivity contribution < 1.29 is 23.8 Å². The quantitative estimate of drug-likeness (QED) is 0.648. The largest absolute Gasteiger partial charge is 0.486 e. The van der Waals surface area contributed by atoms with Crippen LogP contribution in [0, 0.1) is 6.92 Å². The van der Waals surface area contributed by atoms with Gasteiger partial charge in [0.25, 0.3) is 5.91 Å². The predicted octanol–water partition coefficient (Wildman–Crippen LogP) is 3.35. The van der Waals surface area contributed by atoms with Crippen LogP contribution in [0.2, 0.25) is 0 Å². The molecule has 1 atom stereocenters. The van der Waals surface area contributed by atoms with E-state index < -0.39 is 12.1 Å². The lowest BCUT2D eigenvalue weighted by Crippen LogP contribution is -2.29. The molecule has 0 radical (unpaired) electrons. The molecule has 1 amide bonds. The molecule has 0 saturated heterocycles. The number of esters is 1. The Hall–Kier alpha value is -3.28. The van der Waals surface area contributed by atoms with Gasteiger partial charge in [-0.3, -0.25) is 4.79 Å². The molecular weight excluding hydrogens is 346 g/mol. The third kappa shape index (κ3) is 5.10. The Morgan fingerprint density at radius 1 is 1.11 bits per heavy atom. The van der Waals surface area contributed by atoms with Crippen molar-refractivity contribution >= 4 is 23.6 Å². The second-order valence-corrected chi connectivity index (χ2v) is 6.17. The predicted molar refractivity (Wildman–Crippen MR) is 102 cm³/mol. The van der Waals surface area contributed by atoms with Crippen molar-refractivity contribution in [2.24, 2.45) is 0 Å². The molecule has 1 heterocycles. The van der Waals surface area contributed by atoms with Crippen molar-refractivity contribution in [2.75, 3.05) is 18.5 Å². The summed E-state index contributed by atoms with van der Waals surface area (Å²) in [6.07, 6.45) is 1.97. The van der Waals surface area contributed by atoms with Crippen molar-refractivity contribution in [3.8, 4) is 11.5 Å². The highest BCUT2D eigenvalue weighted by Gasteiger charge is 2.17. The molecular formula is C21H21NO5. The van der Waals surface area contributed by atoms with Crippen molar-refractivity contribution in [1.82, 2.24) is 0 Å². The summed E-state index contributed by atoms with van der Waals surface area (Å²) in [5.74, 6) is 0.337. The van der Waals surface area contributed by atoms with Gasteiger partial charge in [-0.1, -0.05) is 18.2 Å². The number of anilines is 1. The number of benzene rings is 2. The Labute approximate surface area is 157 Å². The third-order valence-corrected chi connectivity index (χ3v) is 3.93. The smallest absolute Gasteiger partial charge is 0.331 e. The highest BCUT2D eigenvalue weighted by Crippen LogP contribution is 2.31. The molecule has 0 saturated carbocycles. The first-order chi connectivity index (χ1) is 13.0. The minimum atomic E-state index is -0.914. The number of nitrogens with one attached hydrogen (secondary N) is 1. The first-order valence-corrected chi connectivity index (χ1v) is 8.67. The topological polar surface area (TPSA) is 73.9 Å². The first-order valence-electron chi connectivity index (χ1n) is 8.67. The second-order valence-electron chi connectivity index (χ2n) is 6.17. The fourth-order valence-corrected chi connectivity index (χ4v) is 2.56. The average molecular weight is 367 g/mol. The lowest BCUT2D eigenvalue weighted by Gasteiger charge is -2.18. The molecule has 3 rings (SSSR count). The zero-order chi connectivity index (χ0) is 19.2. The van der Waals surface area contributed by atoms with Crippen LogP contribution < -0.4 is 14.8 Å². The van der Waals surface area contributed by atoms with Crippen LogP contribution in [-0.2, 0) is 14.3 Å². The molecule has 1 aliphatic rings. The lowest BCUT2D eigenvalue weighted by atomic mass is 10.2. The summed E-state index contributed by atoms with van der Waals surface area (Å²) >= 11 is 0. The number of rotatable bonds is 5. The van der Waals surface area contributed by atoms with Crippen molar-refractivity contribution in [1.29, 1.82) is 0 Å². The molecule has 1 aliphatic heterocycles. The van der Waals surface area contributed by atoms with E-state index in [1.54, 1.807) is 24.3 Å². The van der Waals surface area contributed by atoms with Gasteiger partial charge in [0.1, 0.15) is 13.2 Å². The maximum Gasteiger partial charge on any atom is 0.331 e. The van der Waals surface area contributed by atoms with Gasteiger partial charge in [0.05, 0.1) is 0 Å². The number of amides is 1. The molecule has 1 unspecified atom stereocenters. The molecule has 2 aromatic carbocycles. The fourth-order valence-electron chi connectivity index (χ4n) is 2.56. The summed E-state index contributed by atoms with van der Waals surface area (Å²) < 4.78 is 16.1. The van der Waals surface area contributed by atoms with Crippen LogP contribution in [0.1, 0.15) is 18.1 Å². The molecule has 0 bridgehead atoms. The van der Waals surface area contributed by atoms with Crippen LogP contribution in [0.5, 0.6) is 11.5 Å². The van der Waals surface area contributed by atoms with Gasteiger partial charge in [0.15, 0.2) is 17.6 Å². The Balaban J connectivity index is 1.55. The SMILES string of the molecule is Cc1cccc(NC(=O)C(C)OC(=O)C=Cc2ccc3c(c2)OCCO3)c1. The minimum Gasteiger partial charge on any atom is -0.486 e. The van der Waals surface area contributed by atoms with Crippen molar-refractivity contribution in [3.05, 3.63) is 59.7 Å². The molecule has 140 valence electrons. The lowest BCUT2D eigenvalue weighted by molar-refractivity contribution is -0.148. The number of carbonyl (C=O) groups excluding carboxylic acids is 2. The molecule has 6 heteroatoms. The zero-order valence-electron chi connectivity index (χ0n) is 15.2. The van der Waals surface area contributed by atoms with Crippen LogP contribution in [0.25, 0.3) is 6.08 Å². The van der Waals surface area contributed by atoms with Crippen LogP contribution in [-0.4, -0.2) is 31.2 Å². The summed E-state index contributed by atoms with van der Waals surface area (Å²) in [7, 11) is 0. The molecule has 27 heavy (non-hydrogen) atoms. The van der Waals surface area contributed by atoms with E-state index in [2.05, 4.69) is 5.32 Å². The molecule has 0 fully saturated rings. The fraction of sp³-hybridized carbons (Fsp3) is 0.238. The third-order valence-electron chi connectivity index (χ3n) is 3.93. The van der Waals surface area contributed by atoms with Gasteiger partial charge in [0, 0.05) is 11.8 Å². The van der Waals surface area contributed by atoms with E-state index in [1.807, 2.05) is 31.2 Å². The highest BCUT2D eigenvalue weighted by atomic mass is 16.6. The maximum absolute atomic E-state index is 12.2. The van der Waals surface area contributed by atoms with E-state index >= 15 is 0 Å². The van der Waals surface area contributed by atoms with Gasteiger partial charge in [-0.05, 0) is 55.3 Å². The number of fused-ring (bicyclic) bond motifs is 1. The highest BCUT2D eigenvalue weighted by molar-refractivity contribution is 5.96. The monoisotopic (exact) mass is 367 g/mol. The molecule has 6 nitrogen and oxygen atoms in total. The van der Waals surface area contributed by atoms with Gasteiger partial charge in [-0.15, -0.1) is 0 Å². The van der Waals surface area contributed by atoms with E-state index in [9.17, 15) is 9.59 Å². The molecule has 1 N–H and O–H groups in total. The van der Waals surface area contributed by atoms with Gasteiger partial charge in [0.2, 0.25) is 0 Å². The van der Waals surface area contributed by atoms with Crippen molar-refractivity contribution in [3.63, 3.8) is 0 Å². The average Bonchev–Trinajstić information content (AvgIpc) is 2.66. The van der Waals surface area contributed by atoms with E-state index in [1.165, 1.54) is 13.0 Å². The van der Waals surface area contributed by atoms with Crippen LogP contribution >= 0.6 is 0 Å². The van der Waals surface area contributed by atoms with Crippen molar-refractivity contribution in [2.45, 2.75) is 20.0 Å². The summed E-state index contributed by atoms with van der Waals surface area (Å²) in [6.45, 7) is 4.48. The van der Waals surface area contributed by atoms with E-state index in [0.717, 1.165) is 11.1 Å². The summed E-state index contributed by atoms with van der Waals surface area (Å²) in [5.41, 5.74) is 2.46. The second kappa shape index (κ2) is 8.40. The molecule has 0 spiro atoms. The number of carbonyl (C=O) groups is 2. The summed E-state index contributed by atoms with van der Waals surface area (Å²) in [6, 6.07) is 12.8. The molecule has 0 aromatic heterocycles. The Kier molecular flexibility index (Phi) is 5.76. The van der Waals surface area contributed by atoms with Crippen LogP contribution in [0.15, 0.2) is 48.5 Å². The van der Waals surface area contributed by atoms with Crippen LogP contribution in [0.4, 0.5) is 5.69 Å². The standard InChI is InChI=1S/C21H21NO5/c1-14-4-3-5-17(12-14)22-21(24)15(2)27-20(23)9-7-16-6-8-18-19(13-16)26-11-10-25-18/h3-9,12-13,15H,10-11H2,1-2H3,(H,22,24). The van der Waals surface area contributed by atoms with E-state index in [4.69, 9.17) is 14.2 Å². The number of ether oxygens (including phenoxy) is 3.